The Hall–Kier alpha value is -1.31. The van der Waals surface area contributed by atoms with Gasteiger partial charge in [0.1, 0.15) is 11.5 Å². The van der Waals surface area contributed by atoms with Gasteiger partial charge in [-0.05, 0) is 53.9 Å². The molecule has 0 spiro atoms. The Kier molecular flexibility index (Phi) is 2.92. The van der Waals surface area contributed by atoms with Crippen LogP contribution in [0.4, 0.5) is 0 Å². The maximum atomic E-state index is 12.0. The number of rotatable bonds is 1. The van der Waals surface area contributed by atoms with Crippen molar-refractivity contribution in [1.29, 1.82) is 0 Å². The van der Waals surface area contributed by atoms with Crippen LogP contribution in [-0.2, 0) is 16.6 Å². The molecule has 0 amide bonds. The summed E-state index contributed by atoms with van der Waals surface area (Å²) >= 11 is 0. The standard InChI is InChI=1S/C17H22O2/c1-11-14-6-4-12-10-13(19-3)5-7-15(12)17(14,2)9-8-16(11)18/h5,7,10-11,14H,4,6,8-9H2,1-3H3/t11-,14-,17-/m1/s1. The second-order valence-corrected chi connectivity index (χ2v) is 6.34. The fourth-order valence-electron chi connectivity index (χ4n) is 4.25. The minimum atomic E-state index is 0.174. The number of benzene rings is 1. The highest BCUT2D eigenvalue weighted by atomic mass is 16.5. The zero-order chi connectivity index (χ0) is 13.6. The van der Waals surface area contributed by atoms with Crippen LogP contribution in [0, 0.1) is 11.8 Å². The fraction of sp³-hybridized carbons (Fsp3) is 0.588. The smallest absolute Gasteiger partial charge is 0.136 e. The summed E-state index contributed by atoms with van der Waals surface area (Å²) in [4.78, 5) is 12.0. The molecule has 1 fully saturated rings. The average molecular weight is 258 g/mol. The number of methoxy groups -OCH3 is 1. The van der Waals surface area contributed by atoms with E-state index in [1.165, 1.54) is 11.1 Å². The average Bonchev–Trinajstić information content (AvgIpc) is 2.43. The lowest BCUT2D eigenvalue weighted by molar-refractivity contribution is -0.128. The molecule has 3 rings (SSSR count). The largest absolute Gasteiger partial charge is 0.497 e. The fourth-order valence-corrected chi connectivity index (χ4v) is 4.25. The lowest BCUT2D eigenvalue weighted by atomic mass is 9.55. The molecule has 2 aliphatic rings. The van der Waals surface area contributed by atoms with Crippen LogP contribution in [0.1, 0.15) is 44.2 Å². The Morgan fingerprint density at radius 1 is 1.32 bits per heavy atom. The van der Waals surface area contributed by atoms with Gasteiger partial charge in [0.15, 0.2) is 0 Å². The van der Waals surface area contributed by atoms with E-state index in [0.29, 0.717) is 11.7 Å². The number of ketones is 1. The van der Waals surface area contributed by atoms with Crippen LogP contribution >= 0.6 is 0 Å². The first-order valence-corrected chi connectivity index (χ1v) is 7.26. The number of carbonyl (C=O) groups is 1. The molecule has 0 N–H and O–H groups in total. The van der Waals surface area contributed by atoms with Crippen molar-refractivity contribution >= 4 is 5.78 Å². The van der Waals surface area contributed by atoms with Crippen LogP contribution in [0.2, 0.25) is 0 Å². The van der Waals surface area contributed by atoms with Gasteiger partial charge >= 0.3 is 0 Å². The number of Topliss-reactive ketones (excluding diaryl/α,β-unsaturated/α-hetero) is 1. The maximum Gasteiger partial charge on any atom is 0.136 e. The molecule has 2 aliphatic carbocycles. The zero-order valence-electron chi connectivity index (χ0n) is 12.0. The van der Waals surface area contributed by atoms with Gasteiger partial charge in [-0.25, -0.2) is 0 Å². The second kappa shape index (κ2) is 4.36. The number of fused-ring (bicyclic) bond motifs is 3. The van der Waals surface area contributed by atoms with E-state index < -0.39 is 0 Å². The van der Waals surface area contributed by atoms with Crippen LogP contribution in [0.15, 0.2) is 18.2 Å². The summed E-state index contributed by atoms with van der Waals surface area (Å²) < 4.78 is 5.33. The number of hydrogen-bond donors (Lipinski definition) is 0. The summed E-state index contributed by atoms with van der Waals surface area (Å²) in [5.41, 5.74) is 3.04. The zero-order valence-corrected chi connectivity index (χ0v) is 12.0. The molecule has 0 radical (unpaired) electrons. The third kappa shape index (κ3) is 1.80. The molecule has 19 heavy (non-hydrogen) atoms. The summed E-state index contributed by atoms with van der Waals surface area (Å²) in [6, 6.07) is 6.47. The highest BCUT2D eigenvalue weighted by Crippen LogP contribution is 2.51. The van der Waals surface area contributed by atoms with E-state index in [1.807, 2.05) is 0 Å². The van der Waals surface area contributed by atoms with Gasteiger partial charge in [-0.1, -0.05) is 19.9 Å². The van der Waals surface area contributed by atoms with Gasteiger partial charge in [-0.2, -0.15) is 0 Å². The first kappa shape index (κ1) is 12.7. The van der Waals surface area contributed by atoms with Crippen molar-refractivity contribution < 1.29 is 9.53 Å². The first-order valence-electron chi connectivity index (χ1n) is 7.26. The third-order valence-electron chi connectivity index (χ3n) is 5.47. The molecule has 2 heteroatoms. The molecule has 0 unspecified atom stereocenters. The maximum absolute atomic E-state index is 12.0. The Morgan fingerprint density at radius 3 is 2.84 bits per heavy atom. The van der Waals surface area contributed by atoms with E-state index in [4.69, 9.17) is 4.74 Å². The van der Waals surface area contributed by atoms with E-state index >= 15 is 0 Å². The van der Waals surface area contributed by atoms with E-state index in [-0.39, 0.29) is 11.3 Å². The minimum absolute atomic E-state index is 0.174. The lowest BCUT2D eigenvalue weighted by Gasteiger charge is -2.48. The quantitative estimate of drug-likeness (QED) is 0.770. The van der Waals surface area contributed by atoms with Crippen molar-refractivity contribution in [2.24, 2.45) is 11.8 Å². The summed E-state index contributed by atoms with van der Waals surface area (Å²) in [6.07, 6.45) is 3.94. The van der Waals surface area contributed by atoms with Crippen molar-refractivity contribution in [1.82, 2.24) is 0 Å². The van der Waals surface area contributed by atoms with Crippen LogP contribution < -0.4 is 4.74 Å². The predicted octanol–water partition coefficient (Wildman–Crippen LogP) is 3.51. The van der Waals surface area contributed by atoms with Crippen molar-refractivity contribution in [2.45, 2.75) is 44.9 Å². The van der Waals surface area contributed by atoms with E-state index in [0.717, 1.165) is 31.4 Å². The lowest BCUT2D eigenvalue weighted by Crippen LogP contribution is -2.46. The molecule has 0 heterocycles. The van der Waals surface area contributed by atoms with Gasteiger partial charge in [-0.3, -0.25) is 4.79 Å². The van der Waals surface area contributed by atoms with E-state index in [9.17, 15) is 4.79 Å². The number of hydrogen-bond acceptors (Lipinski definition) is 2. The topological polar surface area (TPSA) is 26.3 Å². The van der Waals surface area contributed by atoms with Gasteiger partial charge in [0.25, 0.3) is 0 Å². The summed E-state index contributed by atoms with van der Waals surface area (Å²) in [7, 11) is 1.72. The van der Waals surface area contributed by atoms with Crippen LogP contribution in [0.3, 0.4) is 0 Å². The molecule has 1 aromatic carbocycles. The molecule has 0 aliphatic heterocycles. The van der Waals surface area contributed by atoms with Gasteiger partial charge in [-0.15, -0.1) is 0 Å². The molecule has 102 valence electrons. The predicted molar refractivity (Wildman–Crippen MR) is 75.6 cm³/mol. The van der Waals surface area contributed by atoms with Crippen molar-refractivity contribution in [3.8, 4) is 5.75 Å². The second-order valence-electron chi connectivity index (χ2n) is 6.34. The molecule has 3 atom stereocenters. The van der Waals surface area contributed by atoms with Crippen molar-refractivity contribution in [2.75, 3.05) is 7.11 Å². The SMILES string of the molecule is COc1ccc2c(c1)CC[C@@H]1[C@@H](C)C(=O)CC[C@@]21C. The van der Waals surface area contributed by atoms with Crippen LogP contribution in [0.25, 0.3) is 0 Å². The van der Waals surface area contributed by atoms with Gasteiger partial charge in [0.05, 0.1) is 7.11 Å². The van der Waals surface area contributed by atoms with Crippen molar-refractivity contribution in [3.05, 3.63) is 29.3 Å². The molecule has 2 nitrogen and oxygen atoms in total. The molecule has 0 saturated heterocycles. The monoisotopic (exact) mass is 258 g/mol. The molecule has 0 bridgehead atoms. The summed E-state index contributed by atoms with van der Waals surface area (Å²) in [5.74, 6) is 2.13. The van der Waals surface area contributed by atoms with Gasteiger partial charge in [0, 0.05) is 12.3 Å². The van der Waals surface area contributed by atoms with Gasteiger partial charge in [0.2, 0.25) is 0 Å². The highest BCUT2D eigenvalue weighted by Gasteiger charge is 2.47. The highest BCUT2D eigenvalue weighted by molar-refractivity contribution is 5.82. The Balaban J connectivity index is 2.05. The molecule has 0 aromatic heterocycles. The minimum Gasteiger partial charge on any atom is -0.497 e. The molecule has 1 aromatic rings. The number of ether oxygens (including phenoxy) is 1. The molecule has 1 saturated carbocycles. The Labute approximate surface area is 115 Å². The van der Waals surface area contributed by atoms with Gasteiger partial charge < -0.3 is 4.74 Å². The summed E-state index contributed by atoms with van der Waals surface area (Å²) in [5, 5.41) is 0. The molecular weight excluding hydrogens is 236 g/mol. The Bertz CT molecular complexity index is 520. The van der Waals surface area contributed by atoms with Crippen LogP contribution in [-0.4, -0.2) is 12.9 Å². The molecular formula is C17H22O2. The number of carbonyl (C=O) groups excluding carboxylic acids is 1. The third-order valence-corrected chi connectivity index (χ3v) is 5.47. The van der Waals surface area contributed by atoms with E-state index in [2.05, 4.69) is 32.0 Å². The first-order chi connectivity index (χ1) is 9.06. The number of aryl methyl sites for hydroxylation is 1. The normalized spacial score (nSPS) is 33.5. The summed E-state index contributed by atoms with van der Waals surface area (Å²) in [6.45, 7) is 4.48. The van der Waals surface area contributed by atoms with Crippen LogP contribution in [0.5, 0.6) is 5.75 Å². The van der Waals surface area contributed by atoms with Crippen molar-refractivity contribution in [3.63, 3.8) is 0 Å². The van der Waals surface area contributed by atoms with E-state index in [1.54, 1.807) is 7.11 Å². The Morgan fingerprint density at radius 2 is 2.11 bits per heavy atom.